The van der Waals surface area contributed by atoms with Gasteiger partial charge in [0.05, 0.1) is 5.92 Å². The van der Waals surface area contributed by atoms with Gasteiger partial charge < -0.3 is 10.6 Å². The Morgan fingerprint density at radius 2 is 1.62 bits per heavy atom. The molecule has 8 rings (SSSR count). The summed E-state index contributed by atoms with van der Waals surface area (Å²) in [5.41, 5.74) is 1.72. The van der Waals surface area contributed by atoms with Gasteiger partial charge in [-0.15, -0.1) is 0 Å². The molecule has 0 aliphatic carbocycles. The largest absolute Gasteiger partial charge is 0.325 e. The molecule has 2 saturated heterocycles. The van der Waals surface area contributed by atoms with E-state index in [0.29, 0.717) is 17.8 Å². The number of carbonyl (C=O) groups excluding carboxylic acids is 3. The second kappa shape index (κ2) is 7.64. The van der Waals surface area contributed by atoms with Gasteiger partial charge in [0.25, 0.3) is 5.91 Å². The van der Waals surface area contributed by atoms with Gasteiger partial charge in [-0.25, -0.2) is 0 Å². The number of ketones is 1. The van der Waals surface area contributed by atoms with Crippen molar-refractivity contribution in [3.63, 3.8) is 0 Å². The molecule has 0 bridgehead atoms. The van der Waals surface area contributed by atoms with Crippen molar-refractivity contribution in [2.45, 2.75) is 36.8 Å². The van der Waals surface area contributed by atoms with Crippen LogP contribution in [-0.4, -0.2) is 35.1 Å². The summed E-state index contributed by atoms with van der Waals surface area (Å²) in [4.78, 5) is 46.1. The predicted molar refractivity (Wildman–Crippen MR) is 150 cm³/mol. The average molecular weight is 514 g/mol. The Hall–Kier alpha value is -4.29. The van der Waals surface area contributed by atoms with E-state index >= 15 is 0 Å². The summed E-state index contributed by atoms with van der Waals surface area (Å²) in [6, 6.07) is 27.0. The third-order valence-corrected chi connectivity index (χ3v) is 9.66. The maximum atomic E-state index is 14.8. The molecule has 2 amide bonds. The molecule has 4 aromatic carbocycles. The van der Waals surface area contributed by atoms with E-state index in [-0.39, 0.29) is 23.6 Å². The molecule has 0 unspecified atom stereocenters. The first-order valence-corrected chi connectivity index (χ1v) is 13.6. The Morgan fingerprint density at radius 3 is 2.49 bits per heavy atom. The van der Waals surface area contributed by atoms with Crippen LogP contribution in [0.4, 0.5) is 11.4 Å². The van der Waals surface area contributed by atoms with E-state index in [4.69, 9.17) is 0 Å². The van der Waals surface area contributed by atoms with Gasteiger partial charge in [0.2, 0.25) is 5.91 Å². The fourth-order valence-corrected chi connectivity index (χ4v) is 8.27. The van der Waals surface area contributed by atoms with E-state index in [1.165, 1.54) is 0 Å². The van der Waals surface area contributed by atoms with Gasteiger partial charge in [0.15, 0.2) is 5.78 Å². The van der Waals surface area contributed by atoms with Crippen LogP contribution in [0.25, 0.3) is 10.8 Å². The number of para-hydroxylation sites is 2. The second-order valence-corrected chi connectivity index (χ2v) is 11.3. The van der Waals surface area contributed by atoms with Crippen LogP contribution in [0.5, 0.6) is 0 Å². The highest BCUT2D eigenvalue weighted by Gasteiger charge is 2.81. The first-order chi connectivity index (χ1) is 19.0. The fraction of sp³-hybridized carbons (Fsp3) is 0.242. The van der Waals surface area contributed by atoms with E-state index in [1.54, 1.807) is 0 Å². The van der Waals surface area contributed by atoms with Crippen LogP contribution in [0.2, 0.25) is 0 Å². The van der Waals surface area contributed by atoms with Gasteiger partial charge in [-0.05, 0) is 60.3 Å². The Morgan fingerprint density at radius 1 is 0.846 bits per heavy atom. The third kappa shape index (κ3) is 2.53. The van der Waals surface area contributed by atoms with Crippen LogP contribution in [0.15, 0.2) is 84.9 Å². The van der Waals surface area contributed by atoms with Crippen LogP contribution in [0, 0.1) is 12.8 Å². The third-order valence-electron chi connectivity index (χ3n) is 9.66. The van der Waals surface area contributed by atoms with Crippen molar-refractivity contribution < 1.29 is 14.4 Å². The lowest BCUT2D eigenvalue weighted by Gasteiger charge is -2.43. The average Bonchev–Trinajstić information content (AvgIpc) is 3.67. The number of nitrogens with zero attached hydrogens (tertiary/aromatic N) is 1. The number of benzene rings is 4. The Kier molecular flexibility index (Phi) is 4.44. The molecule has 4 aromatic rings. The van der Waals surface area contributed by atoms with Crippen LogP contribution in [0.3, 0.4) is 0 Å². The number of carbonyl (C=O) groups is 3. The number of anilines is 2. The SMILES string of the molecule is Cc1cccc2c1NC(=O)[C@@]21N2CCC[C@@H]2[C@H](C(=O)c2ccc3ccccc3c2)[C@]12C(=O)Nc1ccccc12. The summed E-state index contributed by atoms with van der Waals surface area (Å²) in [5, 5.41) is 8.30. The summed E-state index contributed by atoms with van der Waals surface area (Å²) in [6.07, 6.45) is 1.61. The van der Waals surface area contributed by atoms with Crippen LogP contribution < -0.4 is 10.6 Å². The van der Waals surface area contributed by atoms with E-state index in [9.17, 15) is 14.4 Å². The molecule has 192 valence electrons. The molecule has 4 aliphatic heterocycles. The minimum absolute atomic E-state index is 0.0877. The standard InChI is InChI=1S/C33H27N3O3/c1-19-8-6-12-24-28(19)35-31(39)33(24)32(23-11-4-5-13-25(23)34-30(32)38)27(26-14-7-17-36(26)33)29(37)22-16-15-20-9-2-3-10-21(20)18-22/h2-6,8-13,15-16,18,26-27H,7,14,17H2,1H3,(H,34,38)(H,35,39)/t26-,27-,32-,33+/m1/s1. The smallest absolute Gasteiger partial charge is 0.251 e. The molecule has 6 nitrogen and oxygen atoms in total. The number of hydrogen-bond acceptors (Lipinski definition) is 4. The monoisotopic (exact) mass is 513 g/mol. The molecule has 4 heterocycles. The minimum atomic E-state index is -1.42. The lowest BCUT2D eigenvalue weighted by atomic mass is 9.57. The van der Waals surface area contributed by atoms with Crippen molar-refractivity contribution in [2.75, 3.05) is 17.2 Å². The molecule has 4 aliphatic rings. The summed E-state index contributed by atoms with van der Waals surface area (Å²) in [6.45, 7) is 2.62. The number of rotatable bonds is 2. The zero-order valence-electron chi connectivity index (χ0n) is 21.5. The van der Waals surface area contributed by atoms with Crippen molar-refractivity contribution in [3.05, 3.63) is 107 Å². The molecular formula is C33H27N3O3. The first-order valence-electron chi connectivity index (χ1n) is 13.6. The molecule has 0 saturated carbocycles. The maximum absolute atomic E-state index is 14.8. The Bertz CT molecular complexity index is 1760. The number of aryl methyl sites for hydroxylation is 1. The summed E-state index contributed by atoms with van der Waals surface area (Å²) >= 11 is 0. The van der Waals surface area contributed by atoms with E-state index in [0.717, 1.165) is 46.0 Å². The predicted octanol–water partition coefficient (Wildman–Crippen LogP) is 5.16. The van der Waals surface area contributed by atoms with Crippen molar-refractivity contribution in [2.24, 2.45) is 5.92 Å². The highest BCUT2D eigenvalue weighted by atomic mass is 16.2. The summed E-state index contributed by atoms with van der Waals surface area (Å²) < 4.78 is 0. The highest BCUT2D eigenvalue weighted by molar-refractivity contribution is 6.21. The van der Waals surface area contributed by atoms with Gasteiger partial charge >= 0.3 is 0 Å². The lowest BCUT2D eigenvalue weighted by molar-refractivity contribution is -0.137. The molecule has 2 spiro atoms. The van der Waals surface area contributed by atoms with Gasteiger partial charge in [-0.1, -0.05) is 72.8 Å². The van der Waals surface area contributed by atoms with Crippen molar-refractivity contribution >= 4 is 39.7 Å². The zero-order chi connectivity index (χ0) is 26.5. The fourth-order valence-electron chi connectivity index (χ4n) is 8.27. The van der Waals surface area contributed by atoms with Crippen molar-refractivity contribution in [1.29, 1.82) is 0 Å². The Labute approximate surface area is 226 Å². The summed E-state index contributed by atoms with van der Waals surface area (Å²) in [5.74, 6) is -1.32. The normalized spacial score (nSPS) is 28.5. The Balaban J connectivity index is 1.46. The molecule has 39 heavy (non-hydrogen) atoms. The van der Waals surface area contributed by atoms with Gasteiger partial charge in [0, 0.05) is 28.5 Å². The molecule has 2 N–H and O–H groups in total. The van der Waals surface area contributed by atoms with E-state index in [1.807, 2.05) is 91.9 Å². The maximum Gasteiger partial charge on any atom is 0.251 e. The number of amides is 2. The first kappa shape index (κ1) is 22.7. The molecule has 2 fully saturated rings. The molecule has 6 heteroatoms. The number of nitrogens with one attached hydrogen (secondary N) is 2. The van der Waals surface area contributed by atoms with Gasteiger partial charge in [-0.3, -0.25) is 19.3 Å². The highest BCUT2D eigenvalue weighted by Crippen LogP contribution is 2.68. The molecule has 0 aromatic heterocycles. The zero-order valence-corrected chi connectivity index (χ0v) is 21.5. The molecular weight excluding hydrogens is 486 g/mol. The number of hydrogen-bond donors (Lipinski definition) is 2. The van der Waals surface area contributed by atoms with Crippen molar-refractivity contribution in [1.82, 2.24) is 4.90 Å². The second-order valence-electron chi connectivity index (χ2n) is 11.3. The molecule has 4 atom stereocenters. The van der Waals surface area contributed by atoms with E-state index < -0.39 is 16.9 Å². The summed E-state index contributed by atoms with van der Waals surface area (Å²) in [7, 11) is 0. The van der Waals surface area contributed by atoms with Gasteiger partial charge in [0.1, 0.15) is 11.0 Å². The lowest BCUT2D eigenvalue weighted by Crippen LogP contribution is -2.62. The minimum Gasteiger partial charge on any atom is -0.325 e. The topological polar surface area (TPSA) is 78.5 Å². The molecule has 0 radical (unpaired) electrons. The van der Waals surface area contributed by atoms with Crippen LogP contribution in [-0.2, 0) is 20.5 Å². The van der Waals surface area contributed by atoms with Gasteiger partial charge in [-0.2, -0.15) is 0 Å². The van der Waals surface area contributed by atoms with E-state index in [2.05, 4.69) is 15.5 Å². The van der Waals surface area contributed by atoms with Crippen LogP contribution in [0.1, 0.15) is 39.9 Å². The number of fused-ring (bicyclic) bond motifs is 8. The van der Waals surface area contributed by atoms with Crippen LogP contribution >= 0.6 is 0 Å². The quantitative estimate of drug-likeness (QED) is 0.363. The number of Topliss-reactive ketones (excluding diaryl/α,β-unsaturated/α-hetero) is 1. The van der Waals surface area contributed by atoms with Crippen molar-refractivity contribution in [3.8, 4) is 0 Å².